The smallest absolute Gasteiger partial charge is 0.322 e. The molecule has 0 aliphatic carbocycles. The number of carbonyl (C=O) groups is 1. The molecule has 1 amide bonds. The number of halogens is 4. The van der Waals surface area contributed by atoms with Crippen LogP contribution in [0.25, 0.3) is 0 Å². The highest BCUT2D eigenvalue weighted by molar-refractivity contribution is 7.92. The van der Waals surface area contributed by atoms with Gasteiger partial charge in [0.25, 0.3) is 5.91 Å². The lowest BCUT2D eigenvalue weighted by Crippen LogP contribution is -2.35. The van der Waals surface area contributed by atoms with E-state index in [-0.39, 0.29) is 34.1 Å². The third-order valence-electron chi connectivity index (χ3n) is 4.51. The van der Waals surface area contributed by atoms with Crippen LogP contribution in [0.3, 0.4) is 0 Å². The molecule has 1 aliphatic heterocycles. The summed E-state index contributed by atoms with van der Waals surface area (Å²) >= 11 is 5.54. The number of rotatable bonds is 5. The Hall–Kier alpha value is -2.15. The first-order chi connectivity index (χ1) is 14.3. The van der Waals surface area contributed by atoms with Crippen molar-refractivity contribution in [3.63, 3.8) is 0 Å². The van der Waals surface area contributed by atoms with Crippen LogP contribution in [0, 0.1) is 0 Å². The average molecular weight is 497 g/mol. The molecular formula is C18H16ClF3N2O5S2. The lowest BCUT2D eigenvalue weighted by molar-refractivity contribution is -0.137. The highest BCUT2D eigenvalue weighted by Gasteiger charge is 2.34. The van der Waals surface area contributed by atoms with Crippen LogP contribution in [0.4, 0.5) is 18.9 Å². The van der Waals surface area contributed by atoms with Crippen LogP contribution < -0.4 is 10.0 Å². The second-order valence-corrected chi connectivity index (χ2v) is 11.2. The Labute approximate surface area is 181 Å². The SMILES string of the molecule is O=C(Nc1ccc(Cl)c(C(F)(F)F)c1)c1ccc(S(=O)(=O)NC2CCS(=O)(=O)C2)cc1. The van der Waals surface area contributed by atoms with Crippen LogP contribution >= 0.6 is 11.6 Å². The number of nitrogens with one attached hydrogen (secondary N) is 2. The number of hydrogen-bond acceptors (Lipinski definition) is 5. The summed E-state index contributed by atoms with van der Waals surface area (Å²) in [6, 6.07) is 6.83. The Kier molecular flexibility index (Phi) is 6.38. The van der Waals surface area contributed by atoms with E-state index in [0.717, 1.165) is 18.2 Å². The minimum atomic E-state index is -4.69. The number of amides is 1. The molecule has 31 heavy (non-hydrogen) atoms. The second-order valence-electron chi connectivity index (χ2n) is 6.89. The highest BCUT2D eigenvalue weighted by Crippen LogP contribution is 2.36. The summed E-state index contributed by atoms with van der Waals surface area (Å²) in [7, 11) is -7.28. The number of alkyl halides is 3. The molecule has 2 aromatic rings. The lowest BCUT2D eigenvalue weighted by atomic mass is 10.1. The average Bonchev–Trinajstić information content (AvgIpc) is 3.00. The predicted octanol–water partition coefficient (Wildman–Crippen LogP) is 3.08. The maximum Gasteiger partial charge on any atom is 0.417 e. The topological polar surface area (TPSA) is 109 Å². The van der Waals surface area contributed by atoms with Crippen molar-refractivity contribution in [1.82, 2.24) is 4.72 Å². The summed E-state index contributed by atoms with van der Waals surface area (Å²) in [6.07, 6.45) is -4.53. The normalized spacial score (nSPS) is 18.6. The Morgan fingerprint density at radius 2 is 1.74 bits per heavy atom. The van der Waals surface area contributed by atoms with Crippen molar-refractivity contribution in [3.05, 3.63) is 58.6 Å². The summed E-state index contributed by atoms with van der Waals surface area (Å²) in [4.78, 5) is 12.1. The monoisotopic (exact) mass is 496 g/mol. The predicted molar refractivity (Wildman–Crippen MR) is 108 cm³/mol. The Morgan fingerprint density at radius 1 is 1.10 bits per heavy atom. The van der Waals surface area contributed by atoms with E-state index in [1.807, 2.05) is 0 Å². The molecule has 1 saturated heterocycles. The van der Waals surface area contributed by atoms with Gasteiger partial charge in [-0.3, -0.25) is 4.79 Å². The molecule has 0 aromatic heterocycles. The maximum absolute atomic E-state index is 12.9. The van der Waals surface area contributed by atoms with Gasteiger partial charge in [-0.05, 0) is 48.9 Å². The van der Waals surface area contributed by atoms with Gasteiger partial charge in [-0.1, -0.05) is 11.6 Å². The van der Waals surface area contributed by atoms with E-state index in [4.69, 9.17) is 11.6 Å². The van der Waals surface area contributed by atoms with Crippen LogP contribution in [0.5, 0.6) is 0 Å². The molecule has 1 unspecified atom stereocenters. The fourth-order valence-corrected chi connectivity index (χ4v) is 6.26. The van der Waals surface area contributed by atoms with Gasteiger partial charge in [0, 0.05) is 17.3 Å². The quantitative estimate of drug-likeness (QED) is 0.661. The molecule has 1 atom stereocenters. The Morgan fingerprint density at radius 3 is 2.29 bits per heavy atom. The van der Waals surface area contributed by atoms with Gasteiger partial charge in [0.2, 0.25) is 10.0 Å². The van der Waals surface area contributed by atoms with Gasteiger partial charge in [0.15, 0.2) is 9.84 Å². The number of anilines is 1. The number of sulfone groups is 1. The van der Waals surface area contributed by atoms with Crippen molar-refractivity contribution in [2.45, 2.75) is 23.5 Å². The van der Waals surface area contributed by atoms with Gasteiger partial charge < -0.3 is 5.32 Å². The molecule has 0 bridgehead atoms. The molecule has 0 saturated carbocycles. The molecule has 1 fully saturated rings. The molecule has 7 nitrogen and oxygen atoms in total. The molecule has 2 aromatic carbocycles. The largest absolute Gasteiger partial charge is 0.417 e. The summed E-state index contributed by atoms with van der Waals surface area (Å²) in [5.41, 5.74) is -1.23. The molecule has 0 radical (unpaired) electrons. The van der Waals surface area contributed by atoms with Crippen molar-refractivity contribution in [3.8, 4) is 0 Å². The van der Waals surface area contributed by atoms with E-state index in [9.17, 15) is 34.8 Å². The zero-order chi connectivity index (χ0) is 23.0. The maximum atomic E-state index is 12.9. The fraction of sp³-hybridized carbons (Fsp3) is 0.278. The van der Waals surface area contributed by atoms with Gasteiger partial charge in [0.1, 0.15) is 0 Å². The van der Waals surface area contributed by atoms with E-state index in [1.165, 1.54) is 18.2 Å². The van der Waals surface area contributed by atoms with E-state index in [1.54, 1.807) is 0 Å². The third-order valence-corrected chi connectivity index (χ3v) is 8.14. The Balaban J connectivity index is 1.72. The first kappa shape index (κ1) is 23.5. The van der Waals surface area contributed by atoms with Crippen molar-refractivity contribution >= 4 is 43.1 Å². The summed E-state index contributed by atoms with van der Waals surface area (Å²) in [6.45, 7) is 0. The highest BCUT2D eigenvalue weighted by atomic mass is 35.5. The van der Waals surface area contributed by atoms with E-state index in [0.29, 0.717) is 6.07 Å². The first-order valence-corrected chi connectivity index (χ1v) is 12.5. The molecular weight excluding hydrogens is 481 g/mol. The molecule has 1 aliphatic rings. The van der Waals surface area contributed by atoms with E-state index >= 15 is 0 Å². The first-order valence-electron chi connectivity index (χ1n) is 8.78. The molecule has 168 valence electrons. The molecule has 0 spiro atoms. The zero-order valence-electron chi connectivity index (χ0n) is 15.6. The third kappa shape index (κ3) is 5.76. The van der Waals surface area contributed by atoms with Crippen molar-refractivity contribution < 1.29 is 34.8 Å². The van der Waals surface area contributed by atoms with Crippen LogP contribution in [0.1, 0.15) is 22.3 Å². The van der Waals surface area contributed by atoms with Gasteiger partial charge >= 0.3 is 6.18 Å². The lowest BCUT2D eigenvalue weighted by Gasteiger charge is -2.13. The van der Waals surface area contributed by atoms with E-state index < -0.39 is 48.6 Å². The summed E-state index contributed by atoms with van der Waals surface area (Å²) < 4.78 is 88.9. The second kappa shape index (κ2) is 8.41. The number of hydrogen-bond donors (Lipinski definition) is 2. The molecule has 13 heteroatoms. The van der Waals surface area contributed by atoms with Gasteiger partial charge in [-0.2, -0.15) is 13.2 Å². The Bertz CT molecular complexity index is 1210. The van der Waals surface area contributed by atoms with Crippen LogP contribution in [0.2, 0.25) is 5.02 Å². The summed E-state index contributed by atoms with van der Waals surface area (Å²) in [5, 5.41) is 1.78. The minimum Gasteiger partial charge on any atom is -0.322 e. The van der Waals surface area contributed by atoms with Crippen molar-refractivity contribution in [2.24, 2.45) is 0 Å². The van der Waals surface area contributed by atoms with Crippen LogP contribution in [0.15, 0.2) is 47.4 Å². The summed E-state index contributed by atoms with van der Waals surface area (Å²) in [5.74, 6) is -1.14. The number of benzene rings is 2. The molecule has 1 heterocycles. The zero-order valence-corrected chi connectivity index (χ0v) is 18.0. The van der Waals surface area contributed by atoms with E-state index in [2.05, 4.69) is 10.0 Å². The van der Waals surface area contributed by atoms with Crippen molar-refractivity contribution in [2.75, 3.05) is 16.8 Å². The van der Waals surface area contributed by atoms with Crippen molar-refractivity contribution in [1.29, 1.82) is 0 Å². The van der Waals surface area contributed by atoms with Gasteiger partial charge in [0.05, 0.1) is 27.0 Å². The minimum absolute atomic E-state index is 0.00547. The van der Waals surface area contributed by atoms with Crippen LogP contribution in [-0.2, 0) is 26.0 Å². The van der Waals surface area contributed by atoms with Gasteiger partial charge in [-0.15, -0.1) is 0 Å². The van der Waals surface area contributed by atoms with Gasteiger partial charge in [-0.25, -0.2) is 21.6 Å². The molecule has 2 N–H and O–H groups in total. The number of sulfonamides is 1. The van der Waals surface area contributed by atoms with Crippen LogP contribution in [-0.4, -0.2) is 40.3 Å². The molecule has 3 rings (SSSR count). The number of carbonyl (C=O) groups excluding carboxylic acids is 1. The fourth-order valence-electron chi connectivity index (χ4n) is 2.98. The standard InChI is InChI=1S/C18H16ClF3N2O5S2/c19-16-6-3-12(9-15(16)18(20,21)22)23-17(25)11-1-4-14(5-2-11)31(28,29)24-13-7-8-30(26,27)10-13/h1-6,9,13,24H,7-8,10H2,(H,23,25).